The lowest BCUT2D eigenvalue weighted by Crippen LogP contribution is -2.18. The summed E-state index contributed by atoms with van der Waals surface area (Å²) in [4.78, 5) is 34.9. The minimum absolute atomic E-state index is 0.590. The number of rotatable bonds is 10. The summed E-state index contributed by atoms with van der Waals surface area (Å²) in [5.74, 6) is -2.26. The Morgan fingerprint density at radius 1 is 0.704 bits per heavy atom. The van der Waals surface area contributed by atoms with Crippen molar-refractivity contribution >= 4 is 17.9 Å². The van der Waals surface area contributed by atoms with E-state index in [2.05, 4.69) is 16.9 Å². The first-order valence-electron chi connectivity index (χ1n) is 9.12. The summed E-state index contributed by atoms with van der Waals surface area (Å²) in [5, 5.41) is 0. The van der Waals surface area contributed by atoms with Crippen molar-refractivity contribution in [3.8, 4) is 0 Å². The summed E-state index contributed by atoms with van der Waals surface area (Å²) in [6.07, 6.45) is 9.90. The van der Waals surface area contributed by atoms with Crippen LogP contribution in [0.15, 0.2) is 46.6 Å². The molecule has 150 valence electrons. The molecule has 0 aliphatic heterocycles. The fourth-order valence-corrected chi connectivity index (χ4v) is 2.07. The van der Waals surface area contributed by atoms with Crippen LogP contribution in [0.5, 0.6) is 0 Å². The van der Waals surface area contributed by atoms with E-state index in [1.165, 1.54) is 23.3 Å². The Bertz CT molecular complexity index is 640. The first kappa shape index (κ1) is 24.6. The van der Waals surface area contributed by atoms with E-state index in [9.17, 15) is 14.4 Å². The second-order valence-corrected chi connectivity index (χ2v) is 7.02. The third-order valence-corrected chi connectivity index (χ3v) is 3.46. The summed E-state index contributed by atoms with van der Waals surface area (Å²) in [7, 11) is 0. The van der Waals surface area contributed by atoms with E-state index in [4.69, 9.17) is 4.74 Å². The number of hydrogen-bond donors (Lipinski definition) is 0. The van der Waals surface area contributed by atoms with Crippen molar-refractivity contribution in [2.75, 3.05) is 6.61 Å². The van der Waals surface area contributed by atoms with Gasteiger partial charge in [-0.2, -0.15) is 0 Å². The van der Waals surface area contributed by atoms with Gasteiger partial charge in [0.25, 0.3) is 0 Å². The van der Waals surface area contributed by atoms with Gasteiger partial charge in [0.1, 0.15) is 0 Å². The molecule has 5 nitrogen and oxygen atoms in total. The Kier molecular flexibility index (Phi) is 12.5. The molecule has 0 aromatic heterocycles. The highest BCUT2D eigenvalue weighted by Gasteiger charge is 2.11. The van der Waals surface area contributed by atoms with Crippen LogP contribution in [-0.2, 0) is 23.9 Å². The van der Waals surface area contributed by atoms with E-state index >= 15 is 0 Å². The molecule has 0 N–H and O–H groups in total. The maximum absolute atomic E-state index is 11.7. The molecule has 5 heteroatoms. The van der Waals surface area contributed by atoms with Crippen molar-refractivity contribution in [1.29, 1.82) is 0 Å². The second-order valence-electron chi connectivity index (χ2n) is 7.02. The molecule has 0 unspecified atom stereocenters. The number of ether oxygens (including phenoxy) is 2. The standard InChI is InChI=1S/C22H32O5/c1-16(2)9-7-11-18(5)13-20(23)26-15-22(25)27-21(24)14-19(6)12-8-10-17(3)4/h9-10,13-14H,7-8,11-12,15H2,1-6H3/b18-13+,19-14+. The summed E-state index contributed by atoms with van der Waals surface area (Å²) in [5.41, 5.74) is 4.11. The molecule has 0 aromatic rings. The molecular weight excluding hydrogens is 344 g/mol. The molecule has 0 spiro atoms. The van der Waals surface area contributed by atoms with E-state index in [1.54, 1.807) is 6.92 Å². The van der Waals surface area contributed by atoms with Crippen LogP contribution in [-0.4, -0.2) is 24.5 Å². The van der Waals surface area contributed by atoms with Crippen LogP contribution < -0.4 is 0 Å². The fraction of sp³-hybridized carbons (Fsp3) is 0.500. The predicted octanol–water partition coefficient (Wildman–Crippen LogP) is 4.98. The van der Waals surface area contributed by atoms with Crippen molar-refractivity contribution in [1.82, 2.24) is 0 Å². The Hall–Kier alpha value is -2.43. The van der Waals surface area contributed by atoms with Gasteiger partial charge in [-0.3, -0.25) is 0 Å². The van der Waals surface area contributed by atoms with E-state index in [0.717, 1.165) is 30.4 Å². The first-order valence-corrected chi connectivity index (χ1v) is 9.12. The summed E-state index contributed by atoms with van der Waals surface area (Å²) in [6, 6.07) is 0. The average Bonchev–Trinajstić information content (AvgIpc) is 2.51. The molecule has 0 bridgehead atoms. The van der Waals surface area contributed by atoms with Gasteiger partial charge >= 0.3 is 17.9 Å². The number of allylic oxidation sites excluding steroid dienone is 6. The average molecular weight is 376 g/mol. The van der Waals surface area contributed by atoms with Gasteiger partial charge < -0.3 is 9.47 Å². The van der Waals surface area contributed by atoms with Gasteiger partial charge in [0.05, 0.1) is 0 Å². The van der Waals surface area contributed by atoms with Crippen LogP contribution in [0.2, 0.25) is 0 Å². The zero-order valence-corrected chi connectivity index (χ0v) is 17.4. The quantitative estimate of drug-likeness (QED) is 0.233. The molecule has 0 aliphatic rings. The van der Waals surface area contributed by atoms with Gasteiger partial charge in [0.2, 0.25) is 0 Å². The molecule has 27 heavy (non-hydrogen) atoms. The molecule has 0 aromatic carbocycles. The lowest BCUT2D eigenvalue weighted by molar-refractivity contribution is -0.163. The monoisotopic (exact) mass is 376 g/mol. The Labute approximate surface area is 162 Å². The number of carbonyl (C=O) groups is 3. The molecular formula is C22H32O5. The van der Waals surface area contributed by atoms with Crippen LogP contribution in [0.4, 0.5) is 0 Å². The molecule has 0 amide bonds. The first-order chi connectivity index (χ1) is 12.6. The molecule has 0 heterocycles. The highest BCUT2D eigenvalue weighted by atomic mass is 16.6. The van der Waals surface area contributed by atoms with Gasteiger partial charge in [-0.15, -0.1) is 0 Å². The summed E-state index contributed by atoms with van der Waals surface area (Å²) < 4.78 is 9.43. The normalized spacial score (nSPS) is 11.5. The molecule has 0 saturated heterocycles. The zero-order valence-electron chi connectivity index (χ0n) is 17.4. The van der Waals surface area contributed by atoms with Crippen molar-refractivity contribution in [3.05, 3.63) is 46.6 Å². The predicted molar refractivity (Wildman–Crippen MR) is 107 cm³/mol. The van der Waals surface area contributed by atoms with Gasteiger partial charge in [-0.05, 0) is 67.2 Å². The lowest BCUT2D eigenvalue weighted by atomic mass is 10.1. The van der Waals surface area contributed by atoms with Crippen molar-refractivity contribution in [2.45, 2.75) is 67.2 Å². The van der Waals surface area contributed by atoms with E-state index in [0.29, 0.717) is 6.42 Å². The van der Waals surface area contributed by atoms with Gasteiger partial charge in [0, 0.05) is 12.2 Å². The zero-order chi connectivity index (χ0) is 20.8. The number of hydrogen-bond acceptors (Lipinski definition) is 5. The lowest BCUT2D eigenvalue weighted by Gasteiger charge is -2.03. The molecule has 0 saturated carbocycles. The Morgan fingerprint density at radius 2 is 1.15 bits per heavy atom. The molecule has 0 aliphatic carbocycles. The Balaban J connectivity index is 4.27. The third kappa shape index (κ3) is 15.5. The van der Waals surface area contributed by atoms with E-state index in [1.807, 2.05) is 34.6 Å². The van der Waals surface area contributed by atoms with Crippen LogP contribution in [0.3, 0.4) is 0 Å². The smallest absolute Gasteiger partial charge is 0.352 e. The molecule has 0 radical (unpaired) electrons. The maximum Gasteiger partial charge on any atom is 0.352 e. The number of esters is 3. The van der Waals surface area contributed by atoms with Gasteiger partial charge in [-0.25, -0.2) is 14.4 Å². The summed E-state index contributed by atoms with van der Waals surface area (Å²) >= 11 is 0. The Morgan fingerprint density at radius 3 is 1.59 bits per heavy atom. The highest BCUT2D eigenvalue weighted by Crippen LogP contribution is 2.08. The van der Waals surface area contributed by atoms with Gasteiger partial charge in [-0.1, -0.05) is 34.4 Å². The minimum Gasteiger partial charge on any atom is -0.450 e. The van der Waals surface area contributed by atoms with E-state index in [-0.39, 0.29) is 0 Å². The van der Waals surface area contributed by atoms with Crippen molar-refractivity contribution < 1.29 is 23.9 Å². The minimum atomic E-state index is -0.891. The number of carbonyl (C=O) groups excluding carboxylic acids is 3. The van der Waals surface area contributed by atoms with Crippen LogP contribution >= 0.6 is 0 Å². The molecule has 0 atom stereocenters. The topological polar surface area (TPSA) is 69.7 Å². The maximum atomic E-state index is 11.7. The van der Waals surface area contributed by atoms with Crippen LogP contribution in [0.1, 0.15) is 67.2 Å². The third-order valence-electron chi connectivity index (χ3n) is 3.46. The van der Waals surface area contributed by atoms with E-state index < -0.39 is 24.5 Å². The SMILES string of the molecule is CC(C)=CCC/C(C)=C/C(=O)OCC(=O)OC(=O)/C=C(\C)CCC=C(C)C. The summed E-state index contributed by atoms with van der Waals surface area (Å²) in [6.45, 7) is 11.1. The second kappa shape index (κ2) is 13.7. The largest absolute Gasteiger partial charge is 0.450 e. The molecule has 0 fully saturated rings. The fourth-order valence-electron chi connectivity index (χ4n) is 2.07. The van der Waals surface area contributed by atoms with Crippen molar-refractivity contribution in [3.63, 3.8) is 0 Å². The van der Waals surface area contributed by atoms with Crippen LogP contribution in [0.25, 0.3) is 0 Å². The molecule has 0 rings (SSSR count). The van der Waals surface area contributed by atoms with Gasteiger partial charge in [0.15, 0.2) is 6.61 Å². The van der Waals surface area contributed by atoms with Crippen LogP contribution in [0, 0.1) is 0 Å². The van der Waals surface area contributed by atoms with Crippen molar-refractivity contribution in [2.24, 2.45) is 0 Å². The highest BCUT2D eigenvalue weighted by molar-refractivity contribution is 5.93.